The number of hydrogen-bond acceptors (Lipinski definition) is 1. The van der Waals surface area contributed by atoms with Crippen molar-refractivity contribution >= 4 is 11.6 Å². The van der Waals surface area contributed by atoms with Crippen LogP contribution in [0, 0.1) is 5.92 Å². The molecule has 2 atom stereocenters. The molecule has 0 amide bonds. The van der Waals surface area contributed by atoms with E-state index >= 15 is 0 Å². The Morgan fingerprint density at radius 3 is 3.13 bits per heavy atom. The molecule has 1 heterocycles. The predicted octanol–water partition coefficient (Wildman–Crippen LogP) is 3.33. The van der Waals surface area contributed by atoms with Crippen molar-refractivity contribution in [3.8, 4) is 0 Å². The summed E-state index contributed by atoms with van der Waals surface area (Å²) in [5.74, 6) is 0.935. The number of nitrogens with one attached hydrogen (secondary N) is 1. The molecule has 15 heavy (non-hydrogen) atoms. The zero-order valence-corrected chi connectivity index (χ0v) is 9.56. The summed E-state index contributed by atoms with van der Waals surface area (Å²) in [5, 5.41) is 4.57. The lowest BCUT2D eigenvalue weighted by Gasteiger charge is -2.35. The highest BCUT2D eigenvalue weighted by Crippen LogP contribution is 2.46. The van der Waals surface area contributed by atoms with Crippen molar-refractivity contribution in [3.05, 3.63) is 34.9 Å². The summed E-state index contributed by atoms with van der Waals surface area (Å²) in [4.78, 5) is 0. The Hall–Kier alpha value is -0.530. The first kappa shape index (κ1) is 9.68. The molecule has 3 rings (SSSR count). The molecule has 1 nitrogen and oxygen atoms in total. The average molecular weight is 222 g/mol. The molecule has 80 valence electrons. The molecule has 1 saturated heterocycles. The molecule has 2 heteroatoms. The first-order chi connectivity index (χ1) is 7.28. The van der Waals surface area contributed by atoms with Crippen molar-refractivity contribution in [3.63, 3.8) is 0 Å². The van der Waals surface area contributed by atoms with Crippen LogP contribution in [0.2, 0.25) is 5.02 Å². The molecule has 2 aliphatic rings. The summed E-state index contributed by atoms with van der Waals surface area (Å²) in [6.07, 6.45) is 5.30. The zero-order chi connectivity index (χ0) is 10.3. The minimum Gasteiger partial charge on any atom is -0.307 e. The highest BCUT2D eigenvalue weighted by Gasteiger charge is 2.42. The van der Waals surface area contributed by atoms with Gasteiger partial charge in [0.1, 0.15) is 0 Å². The molecule has 1 N–H and O–H groups in total. The summed E-state index contributed by atoms with van der Waals surface area (Å²) >= 11 is 6.07. The zero-order valence-electron chi connectivity index (χ0n) is 8.80. The molecule has 0 aromatic heterocycles. The van der Waals surface area contributed by atoms with Gasteiger partial charge < -0.3 is 5.32 Å². The van der Waals surface area contributed by atoms with E-state index in [2.05, 4.69) is 23.5 Å². The van der Waals surface area contributed by atoms with Crippen LogP contribution in [0.3, 0.4) is 0 Å². The molecule has 2 bridgehead atoms. The molecule has 0 radical (unpaired) electrons. The smallest absolute Gasteiger partial charge is 0.0437 e. The van der Waals surface area contributed by atoms with E-state index in [9.17, 15) is 0 Å². The van der Waals surface area contributed by atoms with Crippen LogP contribution >= 0.6 is 11.6 Å². The van der Waals surface area contributed by atoms with Crippen LogP contribution in [0.4, 0.5) is 0 Å². The molecule has 2 unspecified atom stereocenters. The summed E-state index contributed by atoms with van der Waals surface area (Å²) in [7, 11) is 0. The fourth-order valence-electron chi connectivity index (χ4n) is 3.22. The van der Waals surface area contributed by atoms with E-state index in [0.717, 1.165) is 17.5 Å². The molecule has 1 saturated carbocycles. The standard InChI is InChI=1S/C13H16ClN/c14-12-3-1-2-11(8-12)13-6-4-10(9-13)5-7-15-13/h1-3,8,10,15H,4-7,9H2. The van der Waals surface area contributed by atoms with Gasteiger partial charge >= 0.3 is 0 Å². The Balaban J connectivity index is 1.98. The van der Waals surface area contributed by atoms with Crippen LogP contribution in [0.25, 0.3) is 0 Å². The molecule has 0 spiro atoms. The van der Waals surface area contributed by atoms with Crippen LogP contribution in [-0.2, 0) is 5.54 Å². The molecule has 2 fully saturated rings. The average Bonchev–Trinajstić information content (AvgIpc) is 2.56. The second kappa shape index (κ2) is 3.50. The van der Waals surface area contributed by atoms with Crippen LogP contribution < -0.4 is 5.32 Å². The number of benzene rings is 1. The van der Waals surface area contributed by atoms with E-state index in [1.54, 1.807) is 0 Å². The van der Waals surface area contributed by atoms with Crippen molar-refractivity contribution < 1.29 is 0 Å². The van der Waals surface area contributed by atoms with Gasteiger partial charge in [0, 0.05) is 10.6 Å². The number of halogens is 1. The SMILES string of the molecule is Clc1cccc(C23CCC(CCN2)C3)c1. The first-order valence-corrected chi connectivity index (χ1v) is 6.17. The van der Waals surface area contributed by atoms with E-state index < -0.39 is 0 Å². The Morgan fingerprint density at radius 2 is 2.27 bits per heavy atom. The van der Waals surface area contributed by atoms with Crippen LogP contribution in [0.15, 0.2) is 24.3 Å². The number of hydrogen-bond donors (Lipinski definition) is 1. The fraction of sp³-hybridized carbons (Fsp3) is 0.538. The topological polar surface area (TPSA) is 12.0 Å². The number of rotatable bonds is 1. The summed E-state index contributed by atoms with van der Waals surface area (Å²) in [5.41, 5.74) is 1.63. The van der Waals surface area contributed by atoms with Gasteiger partial charge in [-0.3, -0.25) is 0 Å². The van der Waals surface area contributed by atoms with E-state index in [1.807, 2.05) is 6.07 Å². The summed E-state index contributed by atoms with van der Waals surface area (Å²) in [6, 6.07) is 8.36. The van der Waals surface area contributed by atoms with Crippen molar-refractivity contribution in [2.45, 2.75) is 31.2 Å². The molecular formula is C13H16ClN. The molecule has 1 aliphatic carbocycles. The molecule has 1 aromatic rings. The molecule has 1 aliphatic heterocycles. The second-order valence-electron chi connectivity index (χ2n) is 4.92. The Bertz CT molecular complexity index is 373. The van der Waals surface area contributed by atoms with Crippen LogP contribution in [-0.4, -0.2) is 6.54 Å². The quantitative estimate of drug-likeness (QED) is 0.767. The van der Waals surface area contributed by atoms with Gasteiger partial charge in [-0.05, 0) is 55.8 Å². The monoisotopic (exact) mass is 221 g/mol. The van der Waals surface area contributed by atoms with Crippen LogP contribution in [0.5, 0.6) is 0 Å². The maximum absolute atomic E-state index is 6.07. The lowest BCUT2D eigenvalue weighted by molar-refractivity contribution is 0.275. The number of fused-ring (bicyclic) bond motifs is 2. The van der Waals surface area contributed by atoms with Crippen molar-refractivity contribution in [1.82, 2.24) is 5.32 Å². The Labute approximate surface area is 95.8 Å². The Kier molecular flexibility index (Phi) is 2.26. The van der Waals surface area contributed by atoms with E-state index in [-0.39, 0.29) is 5.54 Å². The minimum atomic E-state index is 0.244. The number of piperidine rings is 1. The highest BCUT2D eigenvalue weighted by molar-refractivity contribution is 6.30. The molecular weight excluding hydrogens is 206 g/mol. The third kappa shape index (κ3) is 1.58. The second-order valence-corrected chi connectivity index (χ2v) is 5.35. The lowest BCUT2D eigenvalue weighted by Crippen LogP contribution is -2.43. The van der Waals surface area contributed by atoms with Gasteiger partial charge in [-0.2, -0.15) is 0 Å². The van der Waals surface area contributed by atoms with Gasteiger partial charge in [0.05, 0.1) is 0 Å². The van der Waals surface area contributed by atoms with Gasteiger partial charge in [-0.25, -0.2) is 0 Å². The molecule has 1 aromatic carbocycles. The van der Waals surface area contributed by atoms with Crippen molar-refractivity contribution in [1.29, 1.82) is 0 Å². The van der Waals surface area contributed by atoms with Crippen molar-refractivity contribution in [2.75, 3.05) is 6.54 Å². The third-order valence-electron chi connectivity index (χ3n) is 4.01. The van der Waals surface area contributed by atoms with Gasteiger partial charge in [0.15, 0.2) is 0 Å². The van der Waals surface area contributed by atoms with E-state index in [1.165, 1.54) is 31.2 Å². The maximum Gasteiger partial charge on any atom is 0.0437 e. The summed E-state index contributed by atoms with van der Waals surface area (Å²) < 4.78 is 0. The predicted molar refractivity (Wildman–Crippen MR) is 63.1 cm³/mol. The third-order valence-corrected chi connectivity index (χ3v) is 4.24. The van der Waals surface area contributed by atoms with Gasteiger partial charge in [-0.1, -0.05) is 23.7 Å². The maximum atomic E-state index is 6.07. The van der Waals surface area contributed by atoms with Gasteiger partial charge in [0.25, 0.3) is 0 Å². The van der Waals surface area contributed by atoms with Crippen LogP contribution in [0.1, 0.15) is 31.2 Å². The first-order valence-electron chi connectivity index (χ1n) is 5.80. The largest absolute Gasteiger partial charge is 0.307 e. The van der Waals surface area contributed by atoms with Gasteiger partial charge in [-0.15, -0.1) is 0 Å². The van der Waals surface area contributed by atoms with Crippen molar-refractivity contribution in [2.24, 2.45) is 5.92 Å². The van der Waals surface area contributed by atoms with E-state index in [0.29, 0.717) is 0 Å². The highest BCUT2D eigenvalue weighted by atomic mass is 35.5. The fourth-order valence-corrected chi connectivity index (χ4v) is 3.41. The Morgan fingerprint density at radius 1 is 1.33 bits per heavy atom. The minimum absolute atomic E-state index is 0.244. The van der Waals surface area contributed by atoms with Gasteiger partial charge in [0.2, 0.25) is 0 Å². The normalized spacial score (nSPS) is 34.3. The van der Waals surface area contributed by atoms with E-state index in [4.69, 9.17) is 11.6 Å². The lowest BCUT2D eigenvalue weighted by atomic mass is 9.84. The summed E-state index contributed by atoms with van der Waals surface area (Å²) in [6.45, 7) is 1.16.